The van der Waals surface area contributed by atoms with E-state index >= 15 is 0 Å². The van der Waals surface area contributed by atoms with Crippen LogP contribution < -0.4 is 20.3 Å². The molecule has 9 heteroatoms. The van der Waals surface area contributed by atoms with E-state index in [4.69, 9.17) is 21.1 Å². The van der Waals surface area contributed by atoms with Gasteiger partial charge in [-0.3, -0.25) is 4.90 Å². The lowest BCUT2D eigenvalue weighted by atomic mass is 9.95. The number of halogens is 1. The standard InChI is InChI=1S/C25H29ClN4O4/c1-3-34-24(31)22-21(27-25(32)28-23(22)17-4-6-18(26)7-5-17)16-29-12-14-30(15-13-29)19-8-10-20(33-2)11-9-19/h4-11,23H,3,12-16H2,1-2H3,(H2,27,28,32). The Labute approximate surface area is 204 Å². The van der Waals surface area contributed by atoms with Crippen molar-refractivity contribution in [3.05, 3.63) is 70.4 Å². The number of benzene rings is 2. The Balaban J connectivity index is 1.52. The predicted molar refractivity (Wildman–Crippen MR) is 131 cm³/mol. The molecule has 2 aliphatic rings. The highest BCUT2D eigenvalue weighted by molar-refractivity contribution is 6.30. The Morgan fingerprint density at radius 2 is 1.74 bits per heavy atom. The Kier molecular flexibility index (Phi) is 7.59. The van der Waals surface area contributed by atoms with Gasteiger partial charge in [0.2, 0.25) is 0 Å². The minimum absolute atomic E-state index is 0.247. The van der Waals surface area contributed by atoms with Crippen LogP contribution in [0.4, 0.5) is 10.5 Å². The number of esters is 1. The summed E-state index contributed by atoms with van der Waals surface area (Å²) in [5, 5.41) is 6.30. The first-order valence-corrected chi connectivity index (χ1v) is 11.7. The van der Waals surface area contributed by atoms with Crippen LogP contribution in [0.25, 0.3) is 0 Å². The monoisotopic (exact) mass is 484 g/mol. The molecule has 2 amide bonds. The molecule has 34 heavy (non-hydrogen) atoms. The number of rotatable bonds is 7. The van der Waals surface area contributed by atoms with Gasteiger partial charge in [-0.15, -0.1) is 0 Å². The first kappa shape index (κ1) is 23.9. The van der Waals surface area contributed by atoms with Crippen molar-refractivity contribution >= 4 is 29.3 Å². The molecule has 2 heterocycles. The van der Waals surface area contributed by atoms with E-state index in [0.717, 1.165) is 43.2 Å². The summed E-state index contributed by atoms with van der Waals surface area (Å²) in [5.74, 6) is 0.388. The predicted octanol–water partition coefficient (Wildman–Crippen LogP) is 3.34. The topological polar surface area (TPSA) is 83.1 Å². The number of carbonyl (C=O) groups is 2. The van der Waals surface area contributed by atoms with Gasteiger partial charge in [0.05, 0.1) is 25.3 Å². The van der Waals surface area contributed by atoms with Gasteiger partial charge in [0.15, 0.2) is 0 Å². The van der Waals surface area contributed by atoms with E-state index in [9.17, 15) is 9.59 Å². The van der Waals surface area contributed by atoms with E-state index < -0.39 is 12.0 Å². The number of hydrogen-bond acceptors (Lipinski definition) is 6. The van der Waals surface area contributed by atoms with Crippen LogP contribution in [0.15, 0.2) is 59.8 Å². The van der Waals surface area contributed by atoms with Gasteiger partial charge in [-0.1, -0.05) is 23.7 Å². The lowest BCUT2D eigenvalue weighted by molar-refractivity contribution is -0.139. The Hall–Kier alpha value is -3.23. The molecule has 0 radical (unpaired) electrons. The average Bonchev–Trinajstić information content (AvgIpc) is 2.85. The lowest BCUT2D eigenvalue weighted by Gasteiger charge is -2.38. The molecule has 2 aromatic rings. The molecule has 4 rings (SSSR count). The molecule has 0 aliphatic carbocycles. The molecular formula is C25H29ClN4O4. The molecule has 2 aliphatic heterocycles. The number of anilines is 1. The van der Waals surface area contributed by atoms with E-state index in [0.29, 0.717) is 22.8 Å². The lowest BCUT2D eigenvalue weighted by Crippen LogP contribution is -2.51. The molecule has 0 aromatic heterocycles. The number of ether oxygens (including phenoxy) is 2. The summed E-state index contributed by atoms with van der Waals surface area (Å²) in [6, 6.07) is 14.2. The average molecular weight is 485 g/mol. The third-order valence-corrected chi connectivity index (χ3v) is 6.30. The van der Waals surface area contributed by atoms with Crippen LogP contribution in [0.2, 0.25) is 5.02 Å². The van der Waals surface area contributed by atoms with E-state index in [1.807, 2.05) is 24.3 Å². The molecule has 180 valence electrons. The summed E-state index contributed by atoms with van der Waals surface area (Å²) >= 11 is 6.04. The summed E-state index contributed by atoms with van der Waals surface area (Å²) in [4.78, 5) is 30.0. The Bertz CT molecular complexity index is 1050. The van der Waals surface area contributed by atoms with Gasteiger partial charge in [-0.2, -0.15) is 0 Å². The zero-order valence-corrected chi connectivity index (χ0v) is 20.1. The summed E-state index contributed by atoms with van der Waals surface area (Å²) < 4.78 is 10.6. The molecule has 2 N–H and O–H groups in total. The highest BCUT2D eigenvalue weighted by Crippen LogP contribution is 2.29. The molecule has 1 atom stereocenters. The van der Waals surface area contributed by atoms with Crippen LogP contribution in [0.5, 0.6) is 5.75 Å². The molecule has 1 unspecified atom stereocenters. The van der Waals surface area contributed by atoms with Crippen molar-refractivity contribution in [2.75, 3.05) is 51.3 Å². The third-order valence-electron chi connectivity index (χ3n) is 6.04. The summed E-state index contributed by atoms with van der Waals surface area (Å²) in [7, 11) is 1.66. The van der Waals surface area contributed by atoms with Crippen molar-refractivity contribution in [2.45, 2.75) is 13.0 Å². The highest BCUT2D eigenvalue weighted by Gasteiger charge is 2.34. The van der Waals surface area contributed by atoms with Crippen LogP contribution in [0.1, 0.15) is 18.5 Å². The first-order chi connectivity index (χ1) is 16.5. The van der Waals surface area contributed by atoms with Gasteiger partial charge in [0.1, 0.15) is 5.75 Å². The van der Waals surface area contributed by atoms with Crippen LogP contribution in [-0.4, -0.2) is 63.3 Å². The maximum absolute atomic E-state index is 13.0. The molecule has 0 spiro atoms. The number of carbonyl (C=O) groups excluding carboxylic acids is 2. The third kappa shape index (κ3) is 5.46. The van der Waals surface area contributed by atoms with Crippen molar-refractivity contribution in [1.82, 2.24) is 15.5 Å². The van der Waals surface area contributed by atoms with Gasteiger partial charge in [0, 0.05) is 49.1 Å². The van der Waals surface area contributed by atoms with E-state index in [-0.39, 0.29) is 12.6 Å². The molecule has 1 fully saturated rings. The Morgan fingerprint density at radius 3 is 2.35 bits per heavy atom. The molecule has 0 bridgehead atoms. The van der Waals surface area contributed by atoms with Crippen LogP contribution in [-0.2, 0) is 9.53 Å². The SMILES string of the molecule is CCOC(=O)C1=C(CN2CCN(c3ccc(OC)cc3)CC2)NC(=O)NC1c1ccc(Cl)cc1. The normalized spacial score (nSPS) is 18.9. The number of hydrogen-bond donors (Lipinski definition) is 2. The van der Waals surface area contributed by atoms with E-state index in [2.05, 4.69) is 32.6 Å². The van der Waals surface area contributed by atoms with Crippen molar-refractivity contribution in [3.63, 3.8) is 0 Å². The maximum Gasteiger partial charge on any atom is 0.338 e. The molecule has 2 aromatic carbocycles. The summed E-state index contributed by atoms with van der Waals surface area (Å²) in [6.45, 7) is 5.71. The zero-order chi connectivity index (χ0) is 24.1. The second-order valence-electron chi connectivity index (χ2n) is 8.16. The summed E-state index contributed by atoms with van der Waals surface area (Å²) in [6.07, 6.45) is 0. The largest absolute Gasteiger partial charge is 0.497 e. The Morgan fingerprint density at radius 1 is 1.06 bits per heavy atom. The number of amides is 2. The fourth-order valence-electron chi connectivity index (χ4n) is 4.28. The molecule has 8 nitrogen and oxygen atoms in total. The fourth-order valence-corrected chi connectivity index (χ4v) is 4.40. The highest BCUT2D eigenvalue weighted by atomic mass is 35.5. The van der Waals surface area contributed by atoms with E-state index in [1.165, 1.54) is 0 Å². The van der Waals surface area contributed by atoms with Crippen molar-refractivity contribution in [2.24, 2.45) is 0 Å². The van der Waals surface area contributed by atoms with Gasteiger partial charge in [-0.25, -0.2) is 9.59 Å². The van der Waals surface area contributed by atoms with Crippen molar-refractivity contribution in [3.8, 4) is 5.75 Å². The maximum atomic E-state index is 13.0. The smallest absolute Gasteiger partial charge is 0.338 e. The second kappa shape index (κ2) is 10.8. The number of methoxy groups -OCH3 is 1. The minimum atomic E-state index is -0.611. The number of piperazine rings is 1. The summed E-state index contributed by atoms with van der Waals surface area (Å²) in [5.41, 5.74) is 2.90. The van der Waals surface area contributed by atoms with Crippen molar-refractivity contribution in [1.29, 1.82) is 0 Å². The number of nitrogens with zero attached hydrogens (tertiary/aromatic N) is 2. The fraction of sp³-hybridized carbons (Fsp3) is 0.360. The van der Waals surface area contributed by atoms with Gasteiger partial charge in [0.25, 0.3) is 0 Å². The molecule has 0 saturated carbocycles. The number of urea groups is 1. The number of nitrogens with one attached hydrogen (secondary N) is 2. The zero-order valence-electron chi connectivity index (χ0n) is 19.3. The van der Waals surface area contributed by atoms with Crippen LogP contribution in [0.3, 0.4) is 0 Å². The van der Waals surface area contributed by atoms with E-state index in [1.54, 1.807) is 26.2 Å². The molecular weight excluding hydrogens is 456 g/mol. The first-order valence-electron chi connectivity index (χ1n) is 11.3. The van der Waals surface area contributed by atoms with Crippen LogP contribution >= 0.6 is 11.6 Å². The van der Waals surface area contributed by atoms with Gasteiger partial charge in [-0.05, 0) is 48.9 Å². The second-order valence-corrected chi connectivity index (χ2v) is 8.59. The minimum Gasteiger partial charge on any atom is -0.497 e. The van der Waals surface area contributed by atoms with Gasteiger partial charge >= 0.3 is 12.0 Å². The van der Waals surface area contributed by atoms with Crippen molar-refractivity contribution < 1.29 is 19.1 Å². The van der Waals surface area contributed by atoms with Crippen LogP contribution in [0, 0.1) is 0 Å². The molecule has 1 saturated heterocycles. The van der Waals surface area contributed by atoms with Gasteiger partial charge < -0.3 is 25.0 Å². The quantitative estimate of drug-likeness (QED) is 0.586.